The molecule has 0 saturated heterocycles. The molecule has 1 aromatic heterocycles. The number of fused-ring (bicyclic) bond motifs is 4. The van der Waals surface area contributed by atoms with E-state index in [1.54, 1.807) is 12.2 Å². The molecule has 2 aliphatic rings. The molecule has 0 spiro atoms. The van der Waals surface area contributed by atoms with Crippen molar-refractivity contribution in [2.45, 2.75) is 20.8 Å². The summed E-state index contributed by atoms with van der Waals surface area (Å²) >= 11 is 0. The van der Waals surface area contributed by atoms with Crippen LogP contribution in [0.15, 0.2) is 41.7 Å². The third-order valence-electron chi connectivity index (χ3n) is 4.34. The van der Waals surface area contributed by atoms with Crippen LogP contribution in [0, 0.1) is 13.8 Å². The molecule has 25 heavy (non-hydrogen) atoms. The quantitative estimate of drug-likeness (QED) is 0.543. The minimum Gasteiger partial charge on any atom is -0.550 e. The van der Waals surface area contributed by atoms with E-state index in [0.29, 0.717) is 0 Å². The van der Waals surface area contributed by atoms with E-state index in [1.807, 2.05) is 13.1 Å². The first-order valence-corrected chi connectivity index (χ1v) is 7.92. The van der Waals surface area contributed by atoms with Crippen LogP contribution in [-0.4, -0.2) is 17.5 Å². The number of pyridine rings is 1. The number of benzene rings is 1. The van der Waals surface area contributed by atoms with Gasteiger partial charge in [0.15, 0.2) is 18.2 Å². The van der Waals surface area contributed by atoms with E-state index in [9.17, 15) is 4.79 Å². The van der Waals surface area contributed by atoms with E-state index in [0.717, 1.165) is 29.5 Å². The molecule has 0 radical (unpaired) electrons. The van der Waals surface area contributed by atoms with Gasteiger partial charge in [0.2, 0.25) is 0 Å². The molecule has 126 valence electrons. The number of carboxylic acids is 1. The molecule has 0 unspecified atom stereocenters. The smallest absolute Gasteiger partial charge is 0.179 e. The SMILES string of the molecule is CC(=O)[O-].Cc1c2c(c(C)c3c[n+](C)ccc13)C1=CC(=O)C=CC1=N2. The predicted octanol–water partition coefficient (Wildman–Crippen LogP) is 1.65. The molecule has 5 heteroatoms. The average molecular weight is 334 g/mol. The highest BCUT2D eigenvalue weighted by atomic mass is 16.4. The number of hydrogen-bond acceptors (Lipinski definition) is 4. The molecule has 5 nitrogen and oxygen atoms in total. The maximum atomic E-state index is 11.7. The second-order valence-corrected chi connectivity index (χ2v) is 6.19. The summed E-state index contributed by atoms with van der Waals surface area (Å²) in [6.45, 7) is 5.19. The molecule has 0 bridgehead atoms. The first kappa shape index (κ1) is 16.8. The lowest BCUT2D eigenvalue weighted by molar-refractivity contribution is -0.670. The fourth-order valence-corrected chi connectivity index (χ4v) is 3.25. The summed E-state index contributed by atoms with van der Waals surface area (Å²) in [5.74, 6) is -1.05. The van der Waals surface area contributed by atoms with Crippen LogP contribution in [0.5, 0.6) is 0 Å². The Bertz CT molecular complexity index is 1020. The van der Waals surface area contributed by atoms with E-state index in [4.69, 9.17) is 14.9 Å². The third-order valence-corrected chi connectivity index (χ3v) is 4.34. The zero-order valence-corrected chi connectivity index (χ0v) is 14.6. The Balaban J connectivity index is 0.000000415. The molecule has 1 aromatic carbocycles. The van der Waals surface area contributed by atoms with E-state index in [-0.39, 0.29) is 5.78 Å². The highest BCUT2D eigenvalue weighted by Crippen LogP contribution is 2.44. The first-order chi connectivity index (χ1) is 11.8. The summed E-state index contributed by atoms with van der Waals surface area (Å²) < 4.78 is 2.05. The summed E-state index contributed by atoms with van der Waals surface area (Å²) in [6, 6.07) is 2.13. The molecule has 0 saturated carbocycles. The minimum atomic E-state index is -1.08. The Morgan fingerprint density at radius 1 is 1.16 bits per heavy atom. The highest BCUT2D eigenvalue weighted by Gasteiger charge is 2.28. The Hall–Kier alpha value is -3.08. The lowest BCUT2D eigenvalue weighted by Gasteiger charge is -2.12. The van der Waals surface area contributed by atoms with Crippen molar-refractivity contribution < 1.29 is 19.3 Å². The lowest BCUT2D eigenvalue weighted by atomic mass is 9.89. The predicted molar refractivity (Wildman–Crippen MR) is 94.5 cm³/mol. The molecular weight excluding hydrogens is 316 g/mol. The molecule has 1 aliphatic heterocycles. The molecule has 0 fully saturated rings. The number of carboxylic acid groups (broad SMARTS) is 1. The van der Waals surface area contributed by atoms with Crippen LogP contribution >= 0.6 is 0 Å². The van der Waals surface area contributed by atoms with Gasteiger partial charge in [-0.25, -0.2) is 9.56 Å². The molecule has 1 aliphatic carbocycles. The number of carbonyl (C=O) groups is 2. The molecule has 0 N–H and O–H groups in total. The Kier molecular flexibility index (Phi) is 4.08. The van der Waals surface area contributed by atoms with Gasteiger partial charge in [-0.05, 0) is 55.5 Å². The van der Waals surface area contributed by atoms with Crippen LogP contribution in [-0.2, 0) is 16.6 Å². The minimum absolute atomic E-state index is 0.0348. The number of aromatic nitrogens is 1. The number of aryl methyl sites for hydroxylation is 3. The van der Waals surface area contributed by atoms with Crippen LogP contribution in [0.2, 0.25) is 0 Å². The van der Waals surface area contributed by atoms with Gasteiger partial charge in [0.1, 0.15) is 7.05 Å². The standard InChI is InChI=1S/C18H15N2O.C2H4O2/c1-10-15-9-20(3)7-6-13(15)11(2)18-17(10)14-8-12(21)4-5-16(14)19-18;1-2(3)4/h4-9H,1-3H3;1H3,(H,3,4)/q+1;/p-1. The maximum Gasteiger partial charge on any atom is 0.179 e. The van der Waals surface area contributed by atoms with E-state index in [1.165, 1.54) is 21.9 Å². The van der Waals surface area contributed by atoms with Gasteiger partial charge in [0.25, 0.3) is 0 Å². The summed E-state index contributed by atoms with van der Waals surface area (Å²) in [6.07, 6.45) is 9.29. The van der Waals surface area contributed by atoms with Gasteiger partial charge in [-0.3, -0.25) is 4.79 Å². The maximum absolute atomic E-state index is 11.7. The molecule has 0 amide bonds. The van der Waals surface area contributed by atoms with Crippen molar-refractivity contribution in [2.24, 2.45) is 12.0 Å². The van der Waals surface area contributed by atoms with Crippen LogP contribution in [0.25, 0.3) is 16.3 Å². The van der Waals surface area contributed by atoms with Gasteiger partial charge in [0.05, 0.1) is 11.4 Å². The molecular formula is C20H18N2O3. The number of carbonyl (C=O) groups excluding carboxylic acids is 2. The number of aliphatic imine (C=N–C) groups is 1. The molecule has 0 atom stereocenters. The van der Waals surface area contributed by atoms with Crippen molar-refractivity contribution in [3.8, 4) is 0 Å². The topological polar surface area (TPSA) is 73.4 Å². The highest BCUT2D eigenvalue weighted by molar-refractivity contribution is 6.40. The van der Waals surface area contributed by atoms with Crippen LogP contribution in [0.1, 0.15) is 23.6 Å². The number of rotatable bonds is 0. The summed E-state index contributed by atoms with van der Waals surface area (Å²) in [4.78, 5) is 25.3. The Morgan fingerprint density at radius 3 is 2.52 bits per heavy atom. The van der Waals surface area contributed by atoms with Crippen molar-refractivity contribution in [1.82, 2.24) is 0 Å². The van der Waals surface area contributed by atoms with Crippen molar-refractivity contribution in [3.05, 3.63) is 53.4 Å². The Labute approximate surface area is 145 Å². The van der Waals surface area contributed by atoms with Crippen LogP contribution in [0.3, 0.4) is 0 Å². The van der Waals surface area contributed by atoms with Crippen LogP contribution < -0.4 is 9.67 Å². The fourth-order valence-electron chi connectivity index (χ4n) is 3.25. The van der Waals surface area contributed by atoms with Gasteiger partial charge >= 0.3 is 0 Å². The van der Waals surface area contributed by atoms with Gasteiger partial charge in [-0.15, -0.1) is 0 Å². The summed E-state index contributed by atoms with van der Waals surface area (Å²) in [7, 11) is 2.02. The number of hydrogen-bond donors (Lipinski definition) is 0. The third kappa shape index (κ3) is 2.89. The normalized spacial score (nSPS) is 14.3. The molecule has 2 heterocycles. The van der Waals surface area contributed by atoms with E-state index in [2.05, 4.69) is 36.9 Å². The second kappa shape index (κ2) is 6.09. The number of aliphatic carboxylic acids is 1. The van der Waals surface area contributed by atoms with Crippen LogP contribution in [0.4, 0.5) is 5.69 Å². The number of ketones is 1. The first-order valence-electron chi connectivity index (χ1n) is 7.92. The summed E-state index contributed by atoms with van der Waals surface area (Å²) in [5, 5.41) is 11.3. The number of allylic oxidation sites excluding steroid dienone is 4. The van der Waals surface area contributed by atoms with Crippen molar-refractivity contribution in [1.29, 1.82) is 0 Å². The lowest BCUT2D eigenvalue weighted by Crippen LogP contribution is -2.26. The monoisotopic (exact) mass is 334 g/mol. The van der Waals surface area contributed by atoms with Crippen molar-refractivity contribution >= 4 is 39.5 Å². The second-order valence-electron chi connectivity index (χ2n) is 6.19. The van der Waals surface area contributed by atoms with Gasteiger partial charge in [0, 0.05) is 28.6 Å². The van der Waals surface area contributed by atoms with Crippen molar-refractivity contribution in [3.63, 3.8) is 0 Å². The zero-order chi connectivity index (χ0) is 18.3. The van der Waals surface area contributed by atoms with Gasteiger partial charge < -0.3 is 9.90 Å². The largest absolute Gasteiger partial charge is 0.550 e. The zero-order valence-electron chi connectivity index (χ0n) is 14.6. The fraction of sp³-hybridized carbons (Fsp3) is 0.200. The Morgan fingerprint density at radius 2 is 1.84 bits per heavy atom. The number of nitrogens with zero attached hydrogens (tertiary/aromatic N) is 2. The van der Waals surface area contributed by atoms with Crippen molar-refractivity contribution in [2.75, 3.05) is 0 Å². The van der Waals surface area contributed by atoms with Gasteiger partial charge in [-0.2, -0.15) is 0 Å². The van der Waals surface area contributed by atoms with E-state index < -0.39 is 5.97 Å². The van der Waals surface area contributed by atoms with Gasteiger partial charge in [-0.1, -0.05) is 0 Å². The summed E-state index contributed by atoms with van der Waals surface area (Å²) in [5.41, 5.74) is 6.35. The average Bonchev–Trinajstić information content (AvgIpc) is 2.91. The molecule has 2 aromatic rings. The molecule has 4 rings (SSSR count). The van der Waals surface area contributed by atoms with E-state index >= 15 is 0 Å².